The summed E-state index contributed by atoms with van der Waals surface area (Å²) in [6.45, 7) is 0. The van der Waals surface area contributed by atoms with Gasteiger partial charge in [-0.25, -0.2) is 0 Å². The Bertz CT molecular complexity index is 229. The van der Waals surface area contributed by atoms with Crippen LogP contribution in [0.25, 0.3) is 0 Å². The van der Waals surface area contributed by atoms with E-state index >= 15 is 0 Å². The van der Waals surface area contributed by atoms with E-state index in [-0.39, 0.29) is 0 Å². The molecular formula is C3H2N4O2. The molecule has 0 saturated carbocycles. The third-order valence-corrected chi connectivity index (χ3v) is 0.797. The average molecular weight is 126 g/mol. The molecule has 0 spiro atoms. The van der Waals surface area contributed by atoms with Gasteiger partial charge in [-0.15, -0.1) is 5.73 Å². The fourth-order valence-corrected chi connectivity index (χ4v) is 0.407. The zero-order valence-electron chi connectivity index (χ0n) is 4.24. The van der Waals surface area contributed by atoms with Crippen LogP contribution in [-0.2, 0) is 0 Å². The fourth-order valence-electron chi connectivity index (χ4n) is 0.407. The maximum atomic E-state index is 9.87. The van der Waals surface area contributed by atoms with Gasteiger partial charge in [0.2, 0.25) is 5.82 Å². The first-order valence-corrected chi connectivity index (χ1v) is 2.08. The number of H-pyrrole nitrogens is 1. The molecule has 46 valence electrons. The molecule has 0 unspecified atom stereocenters. The summed E-state index contributed by atoms with van der Waals surface area (Å²) in [7, 11) is 0. The zero-order chi connectivity index (χ0) is 6.85. The Balaban J connectivity index is 3.08. The summed E-state index contributed by atoms with van der Waals surface area (Å²) in [5, 5.41) is 15.1. The highest BCUT2D eigenvalue weighted by Crippen LogP contribution is 2.16. The normalized spacial score (nSPS) is 9.33. The SMILES string of the molecule is [N]c1[nH]ncc1[N+](=O)[O-]. The Hall–Kier alpha value is -1.59. The van der Waals surface area contributed by atoms with Gasteiger partial charge in [0.15, 0.2) is 0 Å². The highest BCUT2D eigenvalue weighted by molar-refractivity contribution is 5.46. The molecule has 0 aliphatic rings. The van der Waals surface area contributed by atoms with Crippen molar-refractivity contribution in [1.82, 2.24) is 15.9 Å². The molecule has 0 bridgehead atoms. The van der Waals surface area contributed by atoms with E-state index in [2.05, 4.69) is 5.10 Å². The van der Waals surface area contributed by atoms with Crippen molar-refractivity contribution in [3.05, 3.63) is 16.3 Å². The van der Waals surface area contributed by atoms with Gasteiger partial charge in [0.25, 0.3) is 0 Å². The van der Waals surface area contributed by atoms with Crippen LogP contribution in [0, 0.1) is 10.1 Å². The van der Waals surface area contributed by atoms with Crippen molar-refractivity contribution in [2.24, 2.45) is 0 Å². The maximum Gasteiger partial charge on any atom is 0.334 e. The number of nitro groups is 1. The van der Waals surface area contributed by atoms with Crippen LogP contribution in [0.3, 0.4) is 0 Å². The van der Waals surface area contributed by atoms with Gasteiger partial charge in [-0.05, 0) is 0 Å². The molecule has 0 atom stereocenters. The first kappa shape index (κ1) is 5.54. The van der Waals surface area contributed by atoms with E-state index in [4.69, 9.17) is 5.73 Å². The first-order valence-electron chi connectivity index (χ1n) is 2.08. The Kier molecular flexibility index (Phi) is 1.07. The summed E-state index contributed by atoms with van der Waals surface area (Å²) >= 11 is 0. The number of aromatic amines is 1. The molecule has 0 saturated heterocycles. The lowest BCUT2D eigenvalue weighted by molar-refractivity contribution is -0.384. The van der Waals surface area contributed by atoms with Crippen molar-refractivity contribution in [3.8, 4) is 0 Å². The van der Waals surface area contributed by atoms with Crippen LogP contribution >= 0.6 is 0 Å². The van der Waals surface area contributed by atoms with Crippen LogP contribution in [-0.4, -0.2) is 15.1 Å². The zero-order valence-corrected chi connectivity index (χ0v) is 4.24. The molecule has 1 heterocycles. The molecule has 0 amide bonds. The molecule has 1 aromatic rings. The fraction of sp³-hybridized carbons (Fsp3) is 0. The van der Waals surface area contributed by atoms with Gasteiger partial charge in [-0.1, -0.05) is 0 Å². The predicted octanol–water partition coefficient (Wildman–Crippen LogP) is 0.0181. The third kappa shape index (κ3) is 0.809. The predicted molar refractivity (Wildman–Crippen MR) is 27.0 cm³/mol. The van der Waals surface area contributed by atoms with Gasteiger partial charge in [-0.2, -0.15) is 5.10 Å². The van der Waals surface area contributed by atoms with Gasteiger partial charge in [0.05, 0.1) is 4.92 Å². The van der Waals surface area contributed by atoms with Crippen LogP contribution in [0.4, 0.5) is 11.5 Å². The molecule has 9 heavy (non-hydrogen) atoms. The number of hydrogen-bond acceptors (Lipinski definition) is 3. The van der Waals surface area contributed by atoms with E-state index in [0.29, 0.717) is 0 Å². The standard InChI is InChI=1S/C3H2N4O2/c4-3-2(7(8)9)1-5-6-3/h1H,(H,5,6). The van der Waals surface area contributed by atoms with Crippen LogP contribution < -0.4 is 5.73 Å². The van der Waals surface area contributed by atoms with E-state index in [1.165, 1.54) is 0 Å². The minimum Gasteiger partial charge on any atom is -0.258 e. The molecule has 0 aliphatic heterocycles. The van der Waals surface area contributed by atoms with Crippen LogP contribution in [0.5, 0.6) is 0 Å². The highest BCUT2D eigenvalue weighted by Gasteiger charge is 2.13. The smallest absolute Gasteiger partial charge is 0.258 e. The number of aromatic nitrogens is 2. The molecule has 1 rings (SSSR count). The number of hydrogen-bond donors (Lipinski definition) is 1. The van der Waals surface area contributed by atoms with E-state index in [9.17, 15) is 10.1 Å². The Morgan fingerprint density at radius 3 is 2.78 bits per heavy atom. The molecule has 1 aromatic heterocycles. The van der Waals surface area contributed by atoms with Crippen molar-refractivity contribution in [1.29, 1.82) is 0 Å². The van der Waals surface area contributed by atoms with E-state index < -0.39 is 16.4 Å². The quantitative estimate of drug-likeness (QED) is 0.424. The van der Waals surface area contributed by atoms with Crippen LogP contribution in [0.2, 0.25) is 0 Å². The van der Waals surface area contributed by atoms with Crippen LogP contribution in [0.15, 0.2) is 6.20 Å². The largest absolute Gasteiger partial charge is 0.334 e. The third-order valence-electron chi connectivity index (χ3n) is 0.797. The van der Waals surface area contributed by atoms with Gasteiger partial charge < -0.3 is 0 Å². The van der Waals surface area contributed by atoms with Crippen molar-refractivity contribution in [2.75, 3.05) is 0 Å². The summed E-state index contributed by atoms with van der Waals surface area (Å²) in [6.07, 6.45) is 0.940. The summed E-state index contributed by atoms with van der Waals surface area (Å²) < 4.78 is 0. The van der Waals surface area contributed by atoms with Gasteiger partial charge in [0, 0.05) is 0 Å². The summed E-state index contributed by atoms with van der Waals surface area (Å²) in [4.78, 5) is 9.15. The summed E-state index contributed by atoms with van der Waals surface area (Å²) in [5.74, 6) is -0.514. The molecule has 0 aliphatic carbocycles. The molecular weight excluding hydrogens is 124 g/mol. The molecule has 0 aromatic carbocycles. The first-order chi connectivity index (χ1) is 4.22. The number of nitrogens with zero attached hydrogens (tertiary/aromatic N) is 3. The molecule has 1 N–H and O–H groups in total. The van der Waals surface area contributed by atoms with E-state index in [1.54, 1.807) is 0 Å². The lowest BCUT2D eigenvalue weighted by Gasteiger charge is -1.79. The molecule has 6 heteroatoms. The lowest BCUT2D eigenvalue weighted by atomic mass is 10.5. The topological polar surface area (TPSA) is 94.1 Å². The van der Waals surface area contributed by atoms with E-state index in [1.807, 2.05) is 5.10 Å². The number of nitrogens with one attached hydrogen (secondary N) is 1. The van der Waals surface area contributed by atoms with Gasteiger partial charge in [-0.3, -0.25) is 15.2 Å². The molecule has 2 radical (unpaired) electrons. The Labute approximate surface area is 49.8 Å². The van der Waals surface area contributed by atoms with Crippen molar-refractivity contribution in [2.45, 2.75) is 0 Å². The summed E-state index contributed by atoms with van der Waals surface area (Å²) in [5.41, 5.74) is 8.15. The monoisotopic (exact) mass is 126 g/mol. The average Bonchev–Trinajstić information content (AvgIpc) is 2.13. The minimum absolute atomic E-state index is 0.407. The van der Waals surface area contributed by atoms with Crippen molar-refractivity contribution >= 4 is 11.5 Å². The van der Waals surface area contributed by atoms with Crippen molar-refractivity contribution < 1.29 is 4.92 Å². The second kappa shape index (κ2) is 1.73. The minimum atomic E-state index is -0.723. The maximum absolute atomic E-state index is 9.87. The lowest BCUT2D eigenvalue weighted by Crippen LogP contribution is -1.85. The van der Waals surface area contributed by atoms with Gasteiger partial charge >= 0.3 is 5.69 Å². The molecule has 0 fully saturated rings. The summed E-state index contributed by atoms with van der Waals surface area (Å²) in [6, 6.07) is 0. The second-order valence-electron chi connectivity index (χ2n) is 1.36. The second-order valence-corrected chi connectivity index (χ2v) is 1.36. The van der Waals surface area contributed by atoms with Crippen LogP contribution in [0.1, 0.15) is 0 Å². The highest BCUT2D eigenvalue weighted by atomic mass is 16.6. The van der Waals surface area contributed by atoms with E-state index in [0.717, 1.165) is 6.20 Å². The Morgan fingerprint density at radius 1 is 1.89 bits per heavy atom. The number of rotatable bonds is 1. The molecule has 6 nitrogen and oxygen atoms in total. The Morgan fingerprint density at radius 2 is 2.56 bits per heavy atom. The van der Waals surface area contributed by atoms with Crippen molar-refractivity contribution in [3.63, 3.8) is 0 Å². The van der Waals surface area contributed by atoms with Gasteiger partial charge in [0.1, 0.15) is 6.20 Å².